The van der Waals surface area contributed by atoms with Crippen molar-refractivity contribution in [1.29, 1.82) is 0 Å². The lowest BCUT2D eigenvalue weighted by Crippen LogP contribution is -2.64. The van der Waals surface area contributed by atoms with Gasteiger partial charge in [0.15, 0.2) is 0 Å². The quantitative estimate of drug-likeness (QED) is 0.614. The van der Waals surface area contributed by atoms with E-state index in [4.69, 9.17) is 11.6 Å². The van der Waals surface area contributed by atoms with Gasteiger partial charge in [0.25, 0.3) is 0 Å². The minimum atomic E-state index is 0.243. The van der Waals surface area contributed by atoms with Crippen molar-refractivity contribution in [3.63, 3.8) is 0 Å². The summed E-state index contributed by atoms with van der Waals surface area (Å²) in [5.74, 6) is 0.760. The first-order chi connectivity index (χ1) is 12.1. The zero-order chi connectivity index (χ0) is 19.5. The van der Waals surface area contributed by atoms with E-state index >= 15 is 0 Å². The number of alkyl halides is 1. The van der Waals surface area contributed by atoms with E-state index in [9.17, 15) is 0 Å². The van der Waals surface area contributed by atoms with Crippen molar-refractivity contribution in [3.05, 3.63) is 0 Å². The molecule has 2 aliphatic rings. The summed E-state index contributed by atoms with van der Waals surface area (Å²) in [6.07, 6.45) is 1.18. The molecule has 2 rings (SSSR count). The van der Waals surface area contributed by atoms with Gasteiger partial charge >= 0.3 is 0 Å². The maximum Gasteiger partial charge on any atom is 0.0316 e. The molecular weight excluding hydrogens is 344 g/mol. The lowest BCUT2D eigenvalue weighted by Gasteiger charge is -2.52. The van der Waals surface area contributed by atoms with Crippen LogP contribution in [0.25, 0.3) is 0 Å². The number of halogens is 1. The normalized spacial score (nSPS) is 24.2. The van der Waals surface area contributed by atoms with Crippen molar-refractivity contribution >= 4 is 11.6 Å². The Morgan fingerprint density at radius 3 is 1.92 bits per heavy atom. The van der Waals surface area contributed by atoms with E-state index in [0.29, 0.717) is 18.1 Å². The molecule has 26 heavy (non-hydrogen) atoms. The van der Waals surface area contributed by atoms with Gasteiger partial charge in [-0.1, -0.05) is 0 Å². The Morgan fingerprint density at radius 2 is 1.46 bits per heavy atom. The van der Waals surface area contributed by atoms with Crippen LogP contribution in [0.2, 0.25) is 0 Å². The largest absolute Gasteiger partial charge is 0.313 e. The van der Waals surface area contributed by atoms with E-state index in [-0.39, 0.29) is 11.0 Å². The van der Waals surface area contributed by atoms with E-state index in [2.05, 4.69) is 68.5 Å². The Hall–Kier alpha value is 0.130. The van der Waals surface area contributed by atoms with Gasteiger partial charge in [-0.05, 0) is 54.9 Å². The van der Waals surface area contributed by atoms with Gasteiger partial charge in [-0.25, -0.2) is 0 Å². The van der Waals surface area contributed by atoms with Crippen LogP contribution in [0.15, 0.2) is 0 Å². The SMILES string of the molecule is CC(CC(C)(C)N1CCN(C(C)C)CC1)NCC1(CCl)CN(C(C)C)C1. The summed E-state index contributed by atoms with van der Waals surface area (Å²) in [6.45, 7) is 24.4. The molecule has 0 aromatic heterocycles. The second-order valence-corrected chi connectivity index (χ2v) is 10.3. The minimum Gasteiger partial charge on any atom is -0.313 e. The number of hydrogen-bond donors (Lipinski definition) is 1. The maximum atomic E-state index is 6.33. The fraction of sp³-hybridized carbons (Fsp3) is 1.00. The number of nitrogens with one attached hydrogen (secondary N) is 1. The van der Waals surface area contributed by atoms with Gasteiger partial charge < -0.3 is 5.32 Å². The molecule has 0 amide bonds. The third-order valence-electron chi connectivity index (χ3n) is 6.62. The average molecular weight is 387 g/mol. The second kappa shape index (κ2) is 9.09. The Labute approximate surface area is 167 Å². The van der Waals surface area contributed by atoms with Gasteiger partial charge in [0, 0.05) is 80.8 Å². The summed E-state index contributed by atoms with van der Waals surface area (Å²) in [5.41, 5.74) is 0.514. The Kier molecular flexibility index (Phi) is 7.83. The molecule has 0 saturated carbocycles. The van der Waals surface area contributed by atoms with E-state index in [0.717, 1.165) is 25.5 Å². The summed E-state index contributed by atoms with van der Waals surface area (Å²) >= 11 is 6.33. The number of hydrogen-bond acceptors (Lipinski definition) is 4. The lowest BCUT2D eigenvalue weighted by molar-refractivity contribution is -0.00856. The van der Waals surface area contributed by atoms with Crippen LogP contribution in [0.1, 0.15) is 54.9 Å². The summed E-state index contributed by atoms with van der Waals surface area (Å²) in [7, 11) is 0. The Bertz CT molecular complexity index is 424. The molecule has 0 aromatic carbocycles. The van der Waals surface area contributed by atoms with Crippen LogP contribution in [-0.4, -0.2) is 90.1 Å². The van der Waals surface area contributed by atoms with Gasteiger partial charge in [-0.15, -0.1) is 11.6 Å². The zero-order valence-corrected chi connectivity index (χ0v) is 19.1. The summed E-state index contributed by atoms with van der Waals surface area (Å²) in [6, 6.07) is 1.81. The van der Waals surface area contributed by atoms with Gasteiger partial charge in [0.2, 0.25) is 0 Å². The number of piperazine rings is 1. The van der Waals surface area contributed by atoms with Crippen molar-refractivity contribution in [2.45, 2.75) is 78.6 Å². The molecule has 5 heteroatoms. The predicted octanol–water partition coefficient (Wildman–Crippen LogP) is 3.11. The highest BCUT2D eigenvalue weighted by molar-refractivity contribution is 6.18. The van der Waals surface area contributed by atoms with E-state index in [1.807, 2.05) is 0 Å². The van der Waals surface area contributed by atoms with Gasteiger partial charge in [0.1, 0.15) is 0 Å². The second-order valence-electron chi connectivity index (χ2n) is 10.0. The highest BCUT2D eigenvalue weighted by Crippen LogP contribution is 2.33. The van der Waals surface area contributed by atoms with E-state index in [1.54, 1.807) is 0 Å². The minimum absolute atomic E-state index is 0.243. The molecule has 2 fully saturated rings. The predicted molar refractivity (Wildman–Crippen MR) is 114 cm³/mol. The summed E-state index contributed by atoms with van der Waals surface area (Å²) < 4.78 is 0. The topological polar surface area (TPSA) is 21.8 Å². The lowest BCUT2D eigenvalue weighted by atomic mass is 9.80. The first kappa shape index (κ1) is 22.4. The molecule has 154 valence electrons. The fourth-order valence-electron chi connectivity index (χ4n) is 4.61. The van der Waals surface area contributed by atoms with Crippen LogP contribution < -0.4 is 5.32 Å². The summed E-state index contributed by atoms with van der Waals surface area (Å²) in [5, 5.41) is 3.81. The van der Waals surface area contributed by atoms with Gasteiger partial charge in [0.05, 0.1) is 0 Å². The van der Waals surface area contributed by atoms with Crippen LogP contribution in [-0.2, 0) is 0 Å². The van der Waals surface area contributed by atoms with Crippen molar-refractivity contribution < 1.29 is 0 Å². The molecule has 0 spiro atoms. The molecule has 2 aliphatic heterocycles. The third-order valence-corrected chi connectivity index (χ3v) is 7.19. The van der Waals surface area contributed by atoms with Crippen molar-refractivity contribution in [2.75, 3.05) is 51.7 Å². The third kappa shape index (κ3) is 5.57. The molecule has 0 aliphatic carbocycles. The fourth-order valence-corrected chi connectivity index (χ4v) is 4.87. The van der Waals surface area contributed by atoms with Gasteiger partial charge in [-0.2, -0.15) is 0 Å². The highest BCUT2D eigenvalue weighted by Gasteiger charge is 2.43. The monoisotopic (exact) mass is 386 g/mol. The molecule has 0 aromatic rings. The number of rotatable bonds is 9. The summed E-state index contributed by atoms with van der Waals surface area (Å²) in [4.78, 5) is 7.80. The average Bonchev–Trinajstić information content (AvgIpc) is 2.53. The zero-order valence-electron chi connectivity index (χ0n) is 18.3. The van der Waals surface area contributed by atoms with Crippen LogP contribution in [0.3, 0.4) is 0 Å². The molecular formula is C21H43ClN4. The molecule has 0 radical (unpaired) electrons. The first-order valence-electron chi connectivity index (χ1n) is 10.6. The first-order valence-corrected chi connectivity index (χ1v) is 11.1. The van der Waals surface area contributed by atoms with Crippen molar-refractivity contribution in [2.24, 2.45) is 5.41 Å². The van der Waals surface area contributed by atoms with E-state index in [1.165, 1.54) is 32.6 Å². The molecule has 1 N–H and O–H groups in total. The van der Waals surface area contributed by atoms with Crippen LogP contribution in [0, 0.1) is 5.41 Å². The molecule has 2 heterocycles. The molecule has 0 bridgehead atoms. The van der Waals surface area contributed by atoms with Crippen molar-refractivity contribution in [1.82, 2.24) is 20.0 Å². The smallest absolute Gasteiger partial charge is 0.0316 e. The number of likely N-dealkylation sites (tertiary alicyclic amines) is 1. The van der Waals surface area contributed by atoms with Crippen molar-refractivity contribution in [3.8, 4) is 0 Å². The van der Waals surface area contributed by atoms with Crippen LogP contribution >= 0.6 is 11.6 Å². The van der Waals surface area contributed by atoms with Gasteiger partial charge in [-0.3, -0.25) is 14.7 Å². The molecule has 1 unspecified atom stereocenters. The van der Waals surface area contributed by atoms with Crippen LogP contribution in [0.5, 0.6) is 0 Å². The number of nitrogens with zero attached hydrogens (tertiary/aromatic N) is 3. The maximum absolute atomic E-state index is 6.33. The molecule has 2 saturated heterocycles. The highest BCUT2D eigenvalue weighted by atomic mass is 35.5. The standard InChI is InChI=1S/C21H43ClN4/c1-17(2)24-8-10-26(11-9-24)20(6,7)12-19(5)23-14-21(13-22)15-25(16-21)18(3)4/h17-19,23H,8-16H2,1-7H3. The van der Waals surface area contributed by atoms with E-state index < -0.39 is 0 Å². The Morgan fingerprint density at radius 1 is 0.923 bits per heavy atom. The van der Waals surface area contributed by atoms with Crippen LogP contribution in [0.4, 0.5) is 0 Å². The Balaban J connectivity index is 1.77. The molecule has 1 atom stereocenters. The molecule has 4 nitrogen and oxygen atoms in total.